The van der Waals surface area contributed by atoms with E-state index in [0.717, 1.165) is 18.8 Å². The quantitative estimate of drug-likeness (QED) is 0.733. The first kappa shape index (κ1) is 11.9. The predicted octanol–water partition coefficient (Wildman–Crippen LogP) is 2.25. The fraction of sp³-hybridized carbons (Fsp3) is 0.538. The van der Waals surface area contributed by atoms with Crippen molar-refractivity contribution in [3.8, 4) is 0 Å². The summed E-state index contributed by atoms with van der Waals surface area (Å²) in [6.45, 7) is 3.14. The predicted molar refractivity (Wildman–Crippen MR) is 66.2 cm³/mol. The van der Waals surface area contributed by atoms with E-state index in [-0.39, 0.29) is 5.97 Å². The van der Waals surface area contributed by atoms with Gasteiger partial charge in [0, 0.05) is 18.8 Å². The minimum absolute atomic E-state index is 0.305. The SMILES string of the molecule is CCCN(c1cc(C(=O)OC)ccn1)C1CC1. The van der Waals surface area contributed by atoms with Crippen molar-refractivity contribution in [2.45, 2.75) is 32.2 Å². The molecule has 17 heavy (non-hydrogen) atoms. The van der Waals surface area contributed by atoms with Crippen molar-refractivity contribution in [1.82, 2.24) is 4.98 Å². The number of esters is 1. The second-order valence-corrected chi connectivity index (χ2v) is 4.32. The van der Waals surface area contributed by atoms with Gasteiger partial charge in [0.25, 0.3) is 0 Å². The van der Waals surface area contributed by atoms with E-state index in [1.165, 1.54) is 20.0 Å². The molecule has 0 spiro atoms. The molecule has 1 fully saturated rings. The van der Waals surface area contributed by atoms with Gasteiger partial charge < -0.3 is 9.64 Å². The third-order valence-electron chi connectivity index (χ3n) is 2.91. The van der Waals surface area contributed by atoms with Crippen LogP contribution in [0, 0.1) is 0 Å². The molecule has 1 aliphatic rings. The van der Waals surface area contributed by atoms with Gasteiger partial charge in [0.15, 0.2) is 0 Å². The summed E-state index contributed by atoms with van der Waals surface area (Å²) >= 11 is 0. The molecule has 1 aliphatic carbocycles. The highest BCUT2D eigenvalue weighted by Crippen LogP contribution is 2.30. The van der Waals surface area contributed by atoms with Crippen LogP contribution in [0.2, 0.25) is 0 Å². The molecule has 0 unspecified atom stereocenters. The van der Waals surface area contributed by atoms with Crippen molar-refractivity contribution in [3.63, 3.8) is 0 Å². The third-order valence-corrected chi connectivity index (χ3v) is 2.91. The van der Waals surface area contributed by atoms with Crippen molar-refractivity contribution < 1.29 is 9.53 Å². The summed E-state index contributed by atoms with van der Waals surface area (Å²) in [7, 11) is 1.40. The number of nitrogens with zero attached hydrogens (tertiary/aromatic N) is 2. The van der Waals surface area contributed by atoms with E-state index in [9.17, 15) is 4.79 Å². The lowest BCUT2D eigenvalue weighted by molar-refractivity contribution is 0.0600. The molecule has 92 valence electrons. The van der Waals surface area contributed by atoms with E-state index in [0.29, 0.717) is 11.6 Å². The molecule has 1 heterocycles. The maximum absolute atomic E-state index is 11.5. The average molecular weight is 234 g/mol. The van der Waals surface area contributed by atoms with Crippen LogP contribution < -0.4 is 4.90 Å². The average Bonchev–Trinajstić information content (AvgIpc) is 3.19. The molecule has 1 aromatic rings. The molecule has 4 heteroatoms. The largest absolute Gasteiger partial charge is 0.465 e. The summed E-state index contributed by atoms with van der Waals surface area (Å²) < 4.78 is 4.72. The number of anilines is 1. The van der Waals surface area contributed by atoms with E-state index in [4.69, 9.17) is 4.74 Å². The molecular formula is C13H18N2O2. The monoisotopic (exact) mass is 234 g/mol. The Hall–Kier alpha value is -1.58. The molecule has 0 N–H and O–H groups in total. The minimum Gasteiger partial charge on any atom is -0.465 e. The molecule has 0 radical (unpaired) electrons. The van der Waals surface area contributed by atoms with Gasteiger partial charge in [0.2, 0.25) is 0 Å². The first-order valence-corrected chi connectivity index (χ1v) is 6.07. The Bertz CT molecular complexity index is 402. The molecule has 1 aromatic heterocycles. The van der Waals surface area contributed by atoms with Gasteiger partial charge in [-0.05, 0) is 31.4 Å². The van der Waals surface area contributed by atoms with Gasteiger partial charge in [-0.1, -0.05) is 6.92 Å². The first-order valence-electron chi connectivity index (χ1n) is 6.07. The molecule has 2 rings (SSSR count). The van der Waals surface area contributed by atoms with Crippen LogP contribution in [-0.2, 0) is 4.74 Å². The maximum atomic E-state index is 11.5. The van der Waals surface area contributed by atoms with Crippen LogP contribution in [0.5, 0.6) is 0 Å². The van der Waals surface area contributed by atoms with E-state index < -0.39 is 0 Å². The molecule has 0 saturated heterocycles. The van der Waals surface area contributed by atoms with Crippen molar-refractivity contribution in [1.29, 1.82) is 0 Å². The third kappa shape index (κ3) is 2.75. The van der Waals surface area contributed by atoms with Gasteiger partial charge in [-0.3, -0.25) is 0 Å². The highest BCUT2D eigenvalue weighted by molar-refractivity contribution is 5.90. The number of pyridine rings is 1. The van der Waals surface area contributed by atoms with E-state index >= 15 is 0 Å². The number of aromatic nitrogens is 1. The van der Waals surface area contributed by atoms with Crippen LogP contribution in [0.15, 0.2) is 18.3 Å². The maximum Gasteiger partial charge on any atom is 0.338 e. The highest BCUT2D eigenvalue weighted by Gasteiger charge is 2.29. The zero-order chi connectivity index (χ0) is 12.3. The number of carbonyl (C=O) groups excluding carboxylic acids is 1. The number of ether oxygens (including phenoxy) is 1. The summed E-state index contributed by atoms with van der Waals surface area (Å²) in [6.07, 6.45) is 5.21. The number of hydrogen-bond acceptors (Lipinski definition) is 4. The molecule has 1 saturated carbocycles. The Morgan fingerprint density at radius 1 is 1.59 bits per heavy atom. The number of carbonyl (C=O) groups is 1. The number of methoxy groups -OCH3 is 1. The van der Waals surface area contributed by atoms with Gasteiger partial charge in [-0.2, -0.15) is 0 Å². The van der Waals surface area contributed by atoms with Crippen LogP contribution in [0.4, 0.5) is 5.82 Å². The molecule has 0 aromatic carbocycles. The van der Waals surface area contributed by atoms with Crippen LogP contribution in [0.25, 0.3) is 0 Å². The minimum atomic E-state index is -0.305. The summed E-state index contributed by atoms with van der Waals surface area (Å²) in [5.74, 6) is 0.582. The molecule has 0 aliphatic heterocycles. The molecule has 0 atom stereocenters. The fourth-order valence-corrected chi connectivity index (χ4v) is 1.93. The normalized spacial score (nSPS) is 14.5. The Kier molecular flexibility index (Phi) is 3.61. The Labute approximate surface area is 102 Å². The summed E-state index contributed by atoms with van der Waals surface area (Å²) in [5, 5.41) is 0. The molecule has 0 bridgehead atoms. The highest BCUT2D eigenvalue weighted by atomic mass is 16.5. The lowest BCUT2D eigenvalue weighted by Crippen LogP contribution is -2.27. The van der Waals surface area contributed by atoms with Crippen LogP contribution in [0.1, 0.15) is 36.5 Å². The smallest absolute Gasteiger partial charge is 0.338 e. The van der Waals surface area contributed by atoms with Crippen LogP contribution in [0.3, 0.4) is 0 Å². The van der Waals surface area contributed by atoms with Crippen molar-refractivity contribution in [2.75, 3.05) is 18.6 Å². The van der Waals surface area contributed by atoms with E-state index in [1.54, 1.807) is 12.3 Å². The second-order valence-electron chi connectivity index (χ2n) is 4.32. The van der Waals surface area contributed by atoms with Crippen molar-refractivity contribution in [2.24, 2.45) is 0 Å². The Balaban J connectivity index is 2.21. The van der Waals surface area contributed by atoms with E-state index in [2.05, 4.69) is 16.8 Å². The van der Waals surface area contributed by atoms with Gasteiger partial charge in [0.1, 0.15) is 5.82 Å². The summed E-state index contributed by atoms with van der Waals surface area (Å²) in [5.41, 5.74) is 0.569. The zero-order valence-electron chi connectivity index (χ0n) is 10.3. The standard InChI is InChI=1S/C13H18N2O2/c1-3-8-15(11-4-5-11)12-9-10(6-7-14-12)13(16)17-2/h6-7,9,11H,3-5,8H2,1-2H3. The lowest BCUT2D eigenvalue weighted by atomic mass is 10.2. The Morgan fingerprint density at radius 3 is 2.94 bits per heavy atom. The second kappa shape index (κ2) is 5.17. The van der Waals surface area contributed by atoms with E-state index in [1.807, 2.05) is 6.07 Å². The van der Waals surface area contributed by atoms with Gasteiger partial charge in [0.05, 0.1) is 12.7 Å². The van der Waals surface area contributed by atoms with Crippen LogP contribution >= 0.6 is 0 Å². The number of rotatable bonds is 5. The van der Waals surface area contributed by atoms with Crippen molar-refractivity contribution >= 4 is 11.8 Å². The topological polar surface area (TPSA) is 42.4 Å². The fourth-order valence-electron chi connectivity index (χ4n) is 1.93. The summed E-state index contributed by atoms with van der Waals surface area (Å²) in [6, 6.07) is 4.11. The first-order chi connectivity index (χ1) is 8.26. The molecular weight excluding hydrogens is 216 g/mol. The lowest BCUT2D eigenvalue weighted by Gasteiger charge is -2.23. The van der Waals surface area contributed by atoms with Gasteiger partial charge in [-0.25, -0.2) is 9.78 Å². The molecule has 0 amide bonds. The zero-order valence-corrected chi connectivity index (χ0v) is 10.3. The van der Waals surface area contributed by atoms with Gasteiger partial charge >= 0.3 is 5.97 Å². The number of hydrogen-bond donors (Lipinski definition) is 0. The van der Waals surface area contributed by atoms with Crippen LogP contribution in [-0.4, -0.2) is 30.6 Å². The molecule has 4 nitrogen and oxygen atoms in total. The summed E-state index contributed by atoms with van der Waals surface area (Å²) in [4.78, 5) is 18.1. The van der Waals surface area contributed by atoms with Crippen molar-refractivity contribution in [3.05, 3.63) is 23.9 Å². The Morgan fingerprint density at radius 2 is 2.35 bits per heavy atom. The van der Waals surface area contributed by atoms with Gasteiger partial charge in [-0.15, -0.1) is 0 Å².